The zero-order chi connectivity index (χ0) is 18.1. The van der Waals surface area contributed by atoms with Crippen LogP contribution in [-0.2, 0) is 0 Å². The predicted molar refractivity (Wildman–Crippen MR) is 97.4 cm³/mol. The molecule has 1 atom stereocenters. The zero-order valence-electron chi connectivity index (χ0n) is 14.9. The van der Waals surface area contributed by atoms with E-state index in [2.05, 4.69) is 13.8 Å². The molecule has 1 aliphatic rings. The Balaban J connectivity index is 2.05. The first-order valence-corrected chi connectivity index (χ1v) is 8.68. The molecule has 0 aliphatic carbocycles. The lowest BCUT2D eigenvalue weighted by Crippen LogP contribution is -2.36. The summed E-state index contributed by atoms with van der Waals surface area (Å²) in [6.45, 7) is 6.75. The fourth-order valence-electron chi connectivity index (χ4n) is 3.21. The maximum Gasteiger partial charge on any atom is 0.268 e. The molecule has 2 heterocycles. The van der Waals surface area contributed by atoms with Crippen molar-refractivity contribution in [3.05, 3.63) is 63.6 Å². The van der Waals surface area contributed by atoms with Crippen molar-refractivity contribution in [3.63, 3.8) is 0 Å². The van der Waals surface area contributed by atoms with Crippen LogP contribution in [0.25, 0.3) is 5.69 Å². The van der Waals surface area contributed by atoms with E-state index in [9.17, 15) is 14.7 Å². The highest BCUT2D eigenvalue weighted by Gasteiger charge is 2.28. The van der Waals surface area contributed by atoms with Gasteiger partial charge in [-0.1, -0.05) is 26.0 Å². The first-order valence-electron chi connectivity index (χ1n) is 8.68. The van der Waals surface area contributed by atoms with Gasteiger partial charge in [-0.2, -0.15) is 0 Å². The van der Waals surface area contributed by atoms with Crippen LogP contribution in [0.1, 0.15) is 47.7 Å². The van der Waals surface area contributed by atoms with Gasteiger partial charge in [-0.15, -0.1) is 0 Å². The van der Waals surface area contributed by atoms with Gasteiger partial charge in [0.1, 0.15) is 5.56 Å². The van der Waals surface area contributed by atoms with E-state index in [4.69, 9.17) is 0 Å². The fourth-order valence-corrected chi connectivity index (χ4v) is 3.21. The number of benzene rings is 1. The monoisotopic (exact) mass is 340 g/mol. The predicted octanol–water partition coefficient (Wildman–Crippen LogP) is 2.48. The Morgan fingerprint density at radius 2 is 2.04 bits per heavy atom. The van der Waals surface area contributed by atoms with E-state index >= 15 is 0 Å². The van der Waals surface area contributed by atoms with Crippen molar-refractivity contribution in [1.29, 1.82) is 0 Å². The standard InChI is InChI=1S/C20H24N2O3/c1-13(2)15-5-4-6-16(11-15)22-10-7-14(3)18(20(22)25)19(24)21-9-8-17(23)12-21/h4-7,10-11,13,17,23H,8-9,12H2,1-3H3. The van der Waals surface area contributed by atoms with Crippen molar-refractivity contribution >= 4 is 5.91 Å². The van der Waals surface area contributed by atoms with Crippen molar-refractivity contribution < 1.29 is 9.90 Å². The molecular formula is C20H24N2O3. The first kappa shape index (κ1) is 17.4. The highest BCUT2D eigenvalue weighted by atomic mass is 16.3. The molecule has 3 rings (SSSR count). The maximum atomic E-state index is 13.0. The van der Waals surface area contributed by atoms with Crippen molar-refractivity contribution in [2.45, 2.75) is 39.2 Å². The number of β-amino-alcohol motifs (C(OH)–C–C–N with tert-alkyl or cyclic N) is 1. The Bertz CT molecular complexity index is 854. The summed E-state index contributed by atoms with van der Waals surface area (Å²) >= 11 is 0. The van der Waals surface area contributed by atoms with Crippen LogP contribution in [0, 0.1) is 6.92 Å². The second-order valence-corrected chi connectivity index (χ2v) is 6.99. The highest BCUT2D eigenvalue weighted by Crippen LogP contribution is 2.19. The third kappa shape index (κ3) is 3.37. The molecule has 1 aliphatic heterocycles. The van der Waals surface area contributed by atoms with Gasteiger partial charge in [-0.3, -0.25) is 14.2 Å². The van der Waals surface area contributed by atoms with Crippen molar-refractivity contribution in [1.82, 2.24) is 9.47 Å². The largest absolute Gasteiger partial charge is 0.391 e. The molecule has 0 bridgehead atoms. The Kier molecular flexibility index (Phi) is 4.77. The van der Waals surface area contributed by atoms with Crippen molar-refractivity contribution in [2.24, 2.45) is 0 Å². The summed E-state index contributed by atoms with van der Waals surface area (Å²) in [6, 6.07) is 9.61. The minimum atomic E-state index is -0.502. The van der Waals surface area contributed by atoms with Crippen molar-refractivity contribution in [2.75, 3.05) is 13.1 Å². The number of carbonyl (C=O) groups is 1. The Morgan fingerprint density at radius 3 is 2.68 bits per heavy atom. The molecule has 2 aromatic rings. The molecule has 1 fully saturated rings. The van der Waals surface area contributed by atoms with Gasteiger partial charge in [-0.05, 0) is 48.6 Å². The number of likely N-dealkylation sites (tertiary alicyclic amines) is 1. The number of aromatic nitrogens is 1. The lowest BCUT2D eigenvalue weighted by Gasteiger charge is -2.18. The van der Waals surface area contributed by atoms with Crippen LogP contribution < -0.4 is 5.56 Å². The van der Waals surface area contributed by atoms with Gasteiger partial charge in [-0.25, -0.2) is 0 Å². The molecule has 25 heavy (non-hydrogen) atoms. The molecular weight excluding hydrogens is 316 g/mol. The first-order chi connectivity index (χ1) is 11.9. The number of pyridine rings is 1. The second kappa shape index (κ2) is 6.84. The summed E-state index contributed by atoms with van der Waals surface area (Å²) in [6.07, 6.45) is 1.77. The molecule has 1 aromatic carbocycles. The van der Waals surface area contributed by atoms with Gasteiger partial charge in [0.15, 0.2) is 0 Å². The average Bonchev–Trinajstić information content (AvgIpc) is 3.01. The molecule has 1 unspecified atom stereocenters. The molecule has 1 saturated heterocycles. The molecule has 5 nitrogen and oxygen atoms in total. The molecule has 0 radical (unpaired) electrons. The number of carbonyl (C=O) groups excluding carboxylic acids is 1. The summed E-state index contributed by atoms with van der Waals surface area (Å²) in [5.41, 5.74) is 2.43. The van der Waals surface area contributed by atoms with Crippen LogP contribution in [0.4, 0.5) is 0 Å². The molecule has 1 amide bonds. The third-order valence-corrected chi connectivity index (χ3v) is 4.78. The maximum absolute atomic E-state index is 13.0. The van der Waals surface area contributed by atoms with E-state index in [0.717, 1.165) is 11.3 Å². The normalized spacial score (nSPS) is 17.3. The fraction of sp³-hybridized carbons (Fsp3) is 0.400. The zero-order valence-corrected chi connectivity index (χ0v) is 14.9. The topological polar surface area (TPSA) is 62.5 Å². The van der Waals surface area contributed by atoms with Crippen LogP contribution >= 0.6 is 0 Å². The van der Waals surface area contributed by atoms with E-state index < -0.39 is 6.10 Å². The Hall–Kier alpha value is -2.40. The number of rotatable bonds is 3. The molecule has 1 N–H and O–H groups in total. The minimum absolute atomic E-state index is 0.187. The van der Waals surface area contributed by atoms with Crippen LogP contribution in [0.3, 0.4) is 0 Å². The SMILES string of the molecule is Cc1ccn(-c2cccc(C(C)C)c2)c(=O)c1C(=O)N1CCC(O)C1. The lowest BCUT2D eigenvalue weighted by atomic mass is 10.0. The number of aryl methyl sites for hydroxylation is 1. The molecule has 0 spiro atoms. The number of aliphatic hydroxyl groups excluding tert-OH is 1. The third-order valence-electron chi connectivity index (χ3n) is 4.78. The van der Waals surface area contributed by atoms with Gasteiger partial charge in [0.05, 0.1) is 6.10 Å². The quantitative estimate of drug-likeness (QED) is 0.934. The summed E-state index contributed by atoms with van der Waals surface area (Å²) in [5.74, 6) is 0.0571. The van der Waals surface area contributed by atoms with E-state index in [1.54, 1.807) is 24.1 Å². The van der Waals surface area contributed by atoms with Crippen LogP contribution in [0.15, 0.2) is 41.3 Å². The van der Waals surface area contributed by atoms with Crippen LogP contribution in [-0.4, -0.2) is 39.7 Å². The van der Waals surface area contributed by atoms with Gasteiger partial charge >= 0.3 is 0 Å². The number of aliphatic hydroxyl groups is 1. The number of amides is 1. The van der Waals surface area contributed by atoms with Crippen LogP contribution in [0.5, 0.6) is 0 Å². The molecule has 5 heteroatoms. The smallest absolute Gasteiger partial charge is 0.268 e. The van der Waals surface area contributed by atoms with E-state index in [1.807, 2.05) is 24.3 Å². The summed E-state index contributed by atoms with van der Waals surface area (Å²) in [5, 5.41) is 9.67. The van der Waals surface area contributed by atoms with E-state index in [0.29, 0.717) is 24.4 Å². The summed E-state index contributed by atoms with van der Waals surface area (Å²) in [4.78, 5) is 27.4. The number of nitrogens with zero attached hydrogens (tertiary/aromatic N) is 2. The van der Waals surface area contributed by atoms with Gasteiger partial charge in [0.25, 0.3) is 11.5 Å². The minimum Gasteiger partial charge on any atom is -0.391 e. The molecule has 132 valence electrons. The molecule has 0 saturated carbocycles. The Labute approximate surface area is 147 Å². The second-order valence-electron chi connectivity index (χ2n) is 6.99. The van der Waals surface area contributed by atoms with E-state index in [1.165, 1.54) is 4.57 Å². The summed E-state index contributed by atoms with van der Waals surface area (Å²) < 4.78 is 1.53. The van der Waals surface area contributed by atoms with Crippen LogP contribution in [0.2, 0.25) is 0 Å². The average molecular weight is 340 g/mol. The number of hydrogen-bond donors (Lipinski definition) is 1. The molecule has 1 aromatic heterocycles. The lowest BCUT2D eigenvalue weighted by molar-refractivity contribution is 0.0762. The van der Waals surface area contributed by atoms with E-state index in [-0.39, 0.29) is 23.6 Å². The highest BCUT2D eigenvalue weighted by molar-refractivity contribution is 5.95. The Morgan fingerprint density at radius 1 is 1.28 bits per heavy atom. The summed E-state index contributed by atoms with van der Waals surface area (Å²) in [7, 11) is 0. The van der Waals surface area contributed by atoms with Gasteiger partial charge < -0.3 is 10.0 Å². The van der Waals surface area contributed by atoms with Crippen molar-refractivity contribution in [3.8, 4) is 5.69 Å². The van der Waals surface area contributed by atoms with Gasteiger partial charge in [0.2, 0.25) is 0 Å². The van der Waals surface area contributed by atoms with Gasteiger partial charge in [0, 0.05) is 25.0 Å². The number of hydrogen-bond acceptors (Lipinski definition) is 3.